The number of benzene rings is 3. The molecule has 5 heteroatoms. The molecule has 0 aromatic heterocycles. The zero-order valence-corrected chi connectivity index (χ0v) is 19.3. The average Bonchev–Trinajstić information content (AvgIpc) is 2.96. The molecule has 0 spiro atoms. The van der Waals surface area contributed by atoms with Crippen LogP contribution >= 0.6 is 0 Å². The minimum absolute atomic E-state index is 0.181. The Kier molecular flexibility index (Phi) is 6.68. The van der Waals surface area contributed by atoms with E-state index >= 15 is 0 Å². The van der Waals surface area contributed by atoms with Crippen LogP contribution in [0.3, 0.4) is 0 Å². The summed E-state index contributed by atoms with van der Waals surface area (Å²) in [5.74, 6) is -0.379. The zero-order valence-electron chi connectivity index (χ0n) is 19.3. The first-order chi connectivity index (χ1) is 16.0. The second kappa shape index (κ2) is 9.82. The molecule has 0 bridgehead atoms. The van der Waals surface area contributed by atoms with E-state index in [2.05, 4.69) is 12.2 Å². The molecular weight excluding hydrogens is 410 g/mol. The van der Waals surface area contributed by atoms with E-state index in [1.165, 1.54) is 0 Å². The van der Waals surface area contributed by atoms with Crippen molar-refractivity contribution in [2.75, 3.05) is 10.2 Å². The summed E-state index contributed by atoms with van der Waals surface area (Å²) < 4.78 is 0. The Morgan fingerprint density at radius 1 is 0.970 bits per heavy atom. The van der Waals surface area contributed by atoms with E-state index in [-0.39, 0.29) is 11.8 Å². The number of nitrogens with zero attached hydrogens (tertiary/aromatic N) is 2. The molecule has 168 valence electrons. The van der Waals surface area contributed by atoms with Crippen molar-refractivity contribution in [2.45, 2.75) is 45.7 Å². The normalized spacial score (nSPS) is 16.5. The molecule has 5 nitrogen and oxygen atoms in total. The van der Waals surface area contributed by atoms with Gasteiger partial charge in [-0.1, -0.05) is 80.6 Å². The predicted octanol–water partition coefficient (Wildman–Crippen LogP) is 5.24. The molecule has 1 aliphatic heterocycles. The molecule has 3 aromatic rings. The molecule has 1 N–H and O–H groups in total. The minimum atomic E-state index is -0.656. The van der Waals surface area contributed by atoms with Gasteiger partial charge in [-0.15, -0.1) is 0 Å². The van der Waals surface area contributed by atoms with E-state index in [0.29, 0.717) is 12.1 Å². The number of aliphatic imine (C=N–C) groups is 1. The number of hydrogen-bond acceptors (Lipinski definition) is 3. The van der Waals surface area contributed by atoms with Gasteiger partial charge in [0.05, 0.1) is 11.4 Å². The van der Waals surface area contributed by atoms with Crippen LogP contribution in [-0.4, -0.2) is 29.6 Å². The fourth-order valence-electron chi connectivity index (χ4n) is 4.32. The predicted molar refractivity (Wildman–Crippen MR) is 134 cm³/mol. The van der Waals surface area contributed by atoms with Crippen molar-refractivity contribution < 1.29 is 9.59 Å². The Balaban J connectivity index is 1.77. The highest BCUT2D eigenvalue weighted by atomic mass is 16.2. The first-order valence-electron chi connectivity index (χ1n) is 11.5. The molecule has 1 heterocycles. The third kappa shape index (κ3) is 4.44. The zero-order chi connectivity index (χ0) is 23.4. The van der Waals surface area contributed by atoms with Gasteiger partial charge in [0.15, 0.2) is 0 Å². The van der Waals surface area contributed by atoms with Crippen molar-refractivity contribution in [3.8, 4) is 0 Å². The first kappa shape index (κ1) is 22.5. The summed E-state index contributed by atoms with van der Waals surface area (Å²) in [7, 11) is 0. The van der Waals surface area contributed by atoms with Gasteiger partial charge in [0, 0.05) is 16.8 Å². The second-order valence-corrected chi connectivity index (χ2v) is 8.17. The second-order valence-electron chi connectivity index (χ2n) is 8.17. The number of nitrogens with one attached hydrogen (secondary N) is 1. The molecule has 4 rings (SSSR count). The number of para-hydroxylation sites is 2. The van der Waals surface area contributed by atoms with Crippen molar-refractivity contribution in [1.82, 2.24) is 0 Å². The van der Waals surface area contributed by atoms with Gasteiger partial charge < -0.3 is 5.32 Å². The maximum absolute atomic E-state index is 13.6. The van der Waals surface area contributed by atoms with E-state index in [9.17, 15) is 9.59 Å². The van der Waals surface area contributed by atoms with Gasteiger partial charge in [0.1, 0.15) is 12.1 Å². The Morgan fingerprint density at radius 2 is 1.64 bits per heavy atom. The number of carbonyl (C=O) groups excluding carboxylic acids is 2. The number of rotatable bonds is 6. The Morgan fingerprint density at radius 3 is 2.36 bits per heavy atom. The van der Waals surface area contributed by atoms with Gasteiger partial charge in [-0.2, -0.15) is 0 Å². The molecule has 2 atom stereocenters. The Hall–Kier alpha value is -3.73. The lowest BCUT2D eigenvalue weighted by atomic mass is 9.99. The van der Waals surface area contributed by atoms with Crippen LogP contribution in [0.25, 0.3) is 0 Å². The van der Waals surface area contributed by atoms with Crippen LogP contribution in [0.2, 0.25) is 0 Å². The first-order valence-corrected chi connectivity index (χ1v) is 11.5. The summed E-state index contributed by atoms with van der Waals surface area (Å²) in [4.78, 5) is 33.5. The molecule has 0 aliphatic carbocycles. The summed E-state index contributed by atoms with van der Waals surface area (Å²) in [6.07, 6.45) is 1.29. The van der Waals surface area contributed by atoms with Crippen LogP contribution in [-0.2, 0) is 16.0 Å². The van der Waals surface area contributed by atoms with Gasteiger partial charge in [-0.05, 0) is 37.5 Å². The number of aryl methyl sites for hydroxylation is 1. The largest absolute Gasteiger partial charge is 0.324 e. The number of amides is 2. The highest BCUT2D eigenvalue weighted by Crippen LogP contribution is 2.31. The third-order valence-electron chi connectivity index (χ3n) is 6.04. The monoisotopic (exact) mass is 439 g/mol. The lowest BCUT2D eigenvalue weighted by molar-refractivity contribution is -0.124. The van der Waals surface area contributed by atoms with E-state index in [4.69, 9.17) is 4.99 Å². The fourth-order valence-corrected chi connectivity index (χ4v) is 4.32. The van der Waals surface area contributed by atoms with Crippen LogP contribution in [0, 0.1) is 0 Å². The van der Waals surface area contributed by atoms with Gasteiger partial charge >= 0.3 is 0 Å². The maximum Gasteiger partial charge on any atom is 0.252 e. The summed E-state index contributed by atoms with van der Waals surface area (Å²) in [6.45, 7) is 5.78. The quantitative estimate of drug-likeness (QED) is 0.571. The molecule has 1 aliphatic rings. The summed E-state index contributed by atoms with van der Waals surface area (Å²) in [5.41, 5.74) is 5.11. The fraction of sp³-hybridized carbons (Fsp3) is 0.250. The Labute approximate surface area is 195 Å². The van der Waals surface area contributed by atoms with Crippen molar-refractivity contribution in [2.24, 2.45) is 4.99 Å². The molecule has 0 saturated heterocycles. The van der Waals surface area contributed by atoms with Crippen LogP contribution < -0.4 is 10.2 Å². The number of benzodiazepines with no additional fused rings is 1. The van der Waals surface area contributed by atoms with E-state index in [1.807, 2.05) is 85.8 Å². The Bertz CT molecular complexity index is 1190. The molecule has 33 heavy (non-hydrogen) atoms. The molecule has 2 amide bonds. The van der Waals surface area contributed by atoms with E-state index in [0.717, 1.165) is 34.5 Å². The van der Waals surface area contributed by atoms with Crippen LogP contribution in [0.15, 0.2) is 83.9 Å². The standard InChI is InChI=1S/C28H29N3O2/c1-4-20-13-9-11-17-23(20)30-27(32)24(5-2)31-25-18-12-10-16-22(25)26(29-19(3)28(31)33)21-14-7-6-8-15-21/h6-19,24H,4-5H2,1-3H3,(H,30,32)/t19-,24-/m0/s1. The highest BCUT2D eigenvalue weighted by Gasteiger charge is 2.36. The summed E-state index contributed by atoms with van der Waals surface area (Å²) in [5, 5.41) is 3.07. The van der Waals surface area contributed by atoms with E-state index in [1.54, 1.807) is 11.8 Å². The molecule has 0 radical (unpaired) electrons. The third-order valence-corrected chi connectivity index (χ3v) is 6.04. The van der Waals surface area contributed by atoms with Gasteiger partial charge in [0.2, 0.25) is 5.91 Å². The van der Waals surface area contributed by atoms with Crippen LogP contribution in [0.5, 0.6) is 0 Å². The number of fused-ring (bicyclic) bond motifs is 1. The van der Waals surface area contributed by atoms with Crippen LogP contribution in [0.1, 0.15) is 43.9 Å². The van der Waals surface area contributed by atoms with Crippen molar-refractivity contribution >= 4 is 28.9 Å². The van der Waals surface area contributed by atoms with Gasteiger partial charge in [-0.25, -0.2) is 0 Å². The lowest BCUT2D eigenvalue weighted by Crippen LogP contribution is -2.50. The van der Waals surface area contributed by atoms with Gasteiger partial charge in [-0.3, -0.25) is 19.5 Å². The van der Waals surface area contributed by atoms with Crippen molar-refractivity contribution in [3.63, 3.8) is 0 Å². The minimum Gasteiger partial charge on any atom is -0.324 e. The highest BCUT2D eigenvalue weighted by molar-refractivity contribution is 6.21. The average molecular weight is 440 g/mol. The van der Waals surface area contributed by atoms with Crippen LogP contribution in [0.4, 0.5) is 11.4 Å². The molecule has 0 unspecified atom stereocenters. The number of anilines is 2. The van der Waals surface area contributed by atoms with Crippen molar-refractivity contribution in [1.29, 1.82) is 0 Å². The molecule has 0 saturated carbocycles. The maximum atomic E-state index is 13.6. The number of carbonyl (C=O) groups is 2. The molecular formula is C28H29N3O2. The smallest absolute Gasteiger partial charge is 0.252 e. The summed E-state index contributed by atoms with van der Waals surface area (Å²) >= 11 is 0. The SMILES string of the molecule is CCc1ccccc1NC(=O)[C@H](CC)N1C(=O)[C@H](C)N=C(c2ccccc2)c2ccccc21. The van der Waals surface area contributed by atoms with Crippen molar-refractivity contribution in [3.05, 3.63) is 95.6 Å². The van der Waals surface area contributed by atoms with E-state index < -0.39 is 12.1 Å². The molecule has 3 aromatic carbocycles. The lowest BCUT2D eigenvalue weighted by Gasteiger charge is -2.31. The summed E-state index contributed by atoms with van der Waals surface area (Å²) in [6, 6.07) is 24.1. The van der Waals surface area contributed by atoms with Gasteiger partial charge in [0.25, 0.3) is 5.91 Å². The topological polar surface area (TPSA) is 61.8 Å². The number of hydrogen-bond donors (Lipinski definition) is 1. The molecule has 0 fully saturated rings.